The Bertz CT molecular complexity index is 689. The molecule has 0 spiro atoms. The SMILES string of the molecule is C=CCOC(C)(C)C1CN(S(=O)(=O)c2ccc(C)cc2)CC1=C. The van der Waals surface area contributed by atoms with E-state index in [1.54, 1.807) is 18.2 Å². The summed E-state index contributed by atoms with van der Waals surface area (Å²) in [5, 5.41) is 0. The van der Waals surface area contributed by atoms with Gasteiger partial charge in [-0.25, -0.2) is 8.42 Å². The van der Waals surface area contributed by atoms with Crippen molar-refractivity contribution >= 4 is 10.0 Å². The van der Waals surface area contributed by atoms with Gasteiger partial charge in [-0.1, -0.05) is 35.9 Å². The van der Waals surface area contributed by atoms with E-state index < -0.39 is 15.6 Å². The van der Waals surface area contributed by atoms with E-state index in [0.717, 1.165) is 11.1 Å². The smallest absolute Gasteiger partial charge is 0.243 e. The maximum Gasteiger partial charge on any atom is 0.243 e. The van der Waals surface area contributed by atoms with Gasteiger partial charge in [-0.05, 0) is 32.9 Å². The van der Waals surface area contributed by atoms with Crippen molar-refractivity contribution in [1.29, 1.82) is 0 Å². The van der Waals surface area contributed by atoms with Gasteiger partial charge in [0, 0.05) is 19.0 Å². The number of hydrogen-bond acceptors (Lipinski definition) is 3. The molecule has 1 aromatic carbocycles. The van der Waals surface area contributed by atoms with E-state index >= 15 is 0 Å². The lowest BCUT2D eigenvalue weighted by Crippen LogP contribution is -2.38. The fourth-order valence-corrected chi connectivity index (χ4v) is 4.32. The van der Waals surface area contributed by atoms with E-state index in [-0.39, 0.29) is 5.92 Å². The molecule has 0 aliphatic carbocycles. The van der Waals surface area contributed by atoms with Crippen molar-refractivity contribution in [3.8, 4) is 0 Å². The zero-order valence-electron chi connectivity index (χ0n) is 14.1. The summed E-state index contributed by atoms with van der Waals surface area (Å²) in [5.74, 6) is -0.0392. The molecule has 1 fully saturated rings. The summed E-state index contributed by atoms with van der Waals surface area (Å²) < 4.78 is 32.9. The standard InChI is InChI=1S/C18H25NO3S/c1-6-11-22-18(4,5)17-13-19(12-15(17)3)23(20,21)16-9-7-14(2)8-10-16/h6-10,17H,1,3,11-13H2,2,4-5H3. The molecule has 23 heavy (non-hydrogen) atoms. The molecular weight excluding hydrogens is 310 g/mol. The van der Waals surface area contributed by atoms with E-state index in [1.807, 2.05) is 32.9 Å². The molecule has 4 nitrogen and oxygen atoms in total. The molecule has 2 rings (SSSR count). The molecule has 0 saturated carbocycles. The van der Waals surface area contributed by atoms with Crippen molar-refractivity contribution in [1.82, 2.24) is 4.31 Å². The summed E-state index contributed by atoms with van der Waals surface area (Å²) in [6.45, 7) is 14.7. The molecule has 1 aliphatic heterocycles. The molecule has 1 atom stereocenters. The minimum Gasteiger partial charge on any atom is -0.371 e. The zero-order chi connectivity index (χ0) is 17.3. The number of hydrogen-bond donors (Lipinski definition) is 0. The summed E-state index contributed by atoms with van der Waals surface area (Å²) in [5.41, 5.74) is 1.43. The first kappa shape index (κ1) is 17.9. The van der Waals surface area contributed by atoms with Crippen molar-refractivity contribution in [2.75, 3.05) is 19.7 Å². The lowest BCUT2D eigenvalue weighted by Gasteiger charge is -2.32. The fourth-order valence-electron chi connectivity index (χ4n) is 2.86. The summed E-state index contributed by atoms with van der Waals surface area (Å²) in [4.78, 5) is 0.321. The van der Waals surface area contributed by atoms with Gasteiger partial charge in [-0.3, -0.25) is 0 Å². The maximum atomic E-state index is 12.8. The molecule has 0 aromatic heterocycles. The third kappa shape index (κ3) is 3.74. The number of aryl methyl sites for hydroxylation is 1. The van der Waals surface area contributed by atoms with Crippen molar-refractivity contribution in [3.63, 3.8) is 0 Å². The van der Waals surface area contributed by atoms with Crippen molar-refractivity contribution < 1.29 is 13.2 Å². The van der Waals surface area contributed by atoms with E-state index in [1.165, 1.54) is 4.31 Å². The molecule has 1 saturated heterocycles. The molecule has 1 aliphatic rings. The topological polar surface area (TPSA) is 46.6 Å². The minimum absolute atomic E-state index is 0.0392. The maximum absolute atomic E-state index is 12.8. The van der Waals surface area contributed by atoms with Crippen LogP contribution in [0.15, 0.2) is 54.0 Å². The van der Waals surface area contributed by atoms with Gasteiger partial charge < -0.3 is 4.74 Å². The Balaban J connectivity index is 2.21. The van der Waals surface area contributed by atoms with Crippen molar-refractivity contribution in [3.05, 3.63) is 54.6 Å². The Labute approximate surface area is 139 Å². The molecule has 126 valence electrons. The Morgan fingerprint density at radius 3 is 2.52 bits per heavy atom. The third-order valence-electron chi connectivity index (χ3n) is 4.33. The zero-order valence-corrected chi connectivity index (χ0v) is 14.9. The monoisotopic (exact) mass is 335 g/mol. The van der Waals surface area contributed by atoms with Gasteiger partial charge in [0.1, 0.15) is 0 Å². The molecule has 1 heterocycles. The van der Waals surface area contributed by atoms with Crippen molar-refractivity contribution in [2.24, 2.45) is 5.92 Å². The second-order valence-electron chi connectivity index (χ2n) is 6.52. The first-order chi connectivity index (χ1) is 10.7. The van der Waals surface area contributed by atoms with Crippen LogP contribution in [0.3, 0.4) is 0 Å². The van der Waals surface area contributed by atoms with E-state index in [2.05, 4.69) is 13.2 Å². The number of benzene rings is 1. The van der Waals surface area contributed by atoms with Crippen LogP contribution in [0, 0.1) is 12.8 Å². The average Bonchev–Trinajstić information content (AvgIpc) is 2.89. The van der Waals surface area contributed by atoms with Crippen LogP contribution < -0.4 is 0 Å². The van der Waals surface area contributed by atoms with Crippen LogP contribution in [0.1, 0.15) is 19.4 Å². The van der Waals surface area contributed by atoms with Gasteiger partial charge in [0.15, 0.2) is 0 Å². The predicted molar refractivity (Wildman–Crippen MR) is 92.8 cm³/mol. The molecule has 1 unspecified atom stereocenters. The van der Waals surface area contributed by atoms with Gasteiger partial charge in [0.25, 0.3) is 0 Å². The summed E-state index contributed by atoms with van der Waals surface area (Å²) in [7, 11) is -3.51. The van der Waals surface area contributed by atoms with Crippen LogP contribution in [-0.2, 0) is 14.8 Å². The van der Waals surface area contributed by atoms with E-state index in [0.29, 0.717) is 24.6 Å². The van der Waals surface area contributed by atoms with Crippen molar-refractivity contribution in [2.45, 2.75) is 31.3 Å². The third-order valence-corrected chi connectivity index (χ3v) is 6.16. The largest absolute Gasteiger partial charge is 0.371 e. The lowest BCUT2D eigenvalue weighted by atomic mass is 9.87. The summed E-state index contributed by atoms with van der Waals surface area (Å²) in [6, 6.07) is 6.93. The number of rotatable bonds is 6. The molecule has 0 N–H and O–H groups in total. The lowest BCUT2D eigenvalue weighted by molar-refractivity contribution is -0.0323. The number of nitrogens with zero attached hydrogens (tertiary/aromatic N) is 1. The predicted octanol–water partition coefficient (Wildman–Crippen LogP) is 3.15. The van der Waals surface area contributed by atoms with Gasteiger partial charge in [0.05, 0.1) is 17.1 Å². The first-order valence-electron chi connectivity index (χ1n) is 7.68. The summed E-state index contributed by atoms with van der Waals surface area (Å²) >= 11 is 0. The first-order valence-corrected chi connectivity index (χ1v) is 9.12. The second kappa shape index (κ2) is 6.59. The van der Waals surface area contributed by atoms with E-state index in [4.69, 9.17) is 4.74 Å². The Hall–Kier alpha value is -1.43. The normalized spacial score (nSPS) is 20.0. The molecule has 0 radical (unpaired) electrons. The highest BCUT2D eigenvalue weighted by Gasteiger charge is 2.42. The Morgan fingerprint density at radius 1 is 1.35 bits per heavy atom. The van der Waals surface area contributed by atoms with Gasteiger partial charge >= 0.3 is 0 Å². The molecule has 5 heteroatoms. The Kier molecular flexibility index (Phi) is 5.14. The average molecular weight is 335 g/mol. The van der Waals surface area contributed by atoms with Crippen LogP contribution in [-0.4, -0.2) is 38.0 Å². The second-order valence-corrected chi connectivity index (χ2v) is 8.46. The van der Waals surface area contributed by atoms with Gasteiger partial charge in [-0.2, -0.15) is 4.31 Å². The number of ether oxygens (including phenoxy) is 1. The highest BCUT2D eigenvalue weighted by atomic mass is 32.2. The van der Waals surface area contributed by atoms with Gasteiger partial charge in [0.2, 0.25) is 10.0 Å². The van der Waals surface area contributed by atoms with Crippen LogP contribution >= 0.6 is 0 Å². The number of sulfonamides is 1. The molecule has 0 amide bonds. The van der Waals surface area contributed by atoms with Gasteiger partial charge in [-0.15, -0.1) is 6.58 Å². The van der Waals surface area contributed by atoms with Crippen LogP contribution in [0.25, 0.3) is 0 Å². The Morgan fingerprint density at radius 2 is 1.96 bits per heavy atom. The quantitative estimate of drug-likeness (QED) is 0.750. The van der Waals surface area contributed by atoms with Crippen LogP contribution in [0.2, 0.25) is 0 Å². The highest BCUT2D eigenvalue weighted by molar-refractivity contribution is 7.89. The van der Waals surface area contributed by atoms with Crippen LogP contribution in [0.5, 0.6) is 0 Å². The minimum atomic E-state index is -3.51. The van der Waals surface area contributed by atoms with E-state index in [9.17, 15) is 8.42 Å². The molecular formula is C18H25NO3S. The summed E-state index contributed by atoms with van der Waals surface area (Å²) in [6.07, 6.45) is 1.69. The molecule has 1 aromatic rings. The van der Waals surface area contributed by atoms with Crippen LogP contribution in [0.4, 0.5) is 0 Å². The highest BCUT2D eigenvalue weighted by Crippen LogP contribution is 2.36. The fraction of sp³-hybridized carbons (Fsp3) is 0.444. The molecule has 0 bridgehead atoms.